The van der Waals surface area contributed by atoms with Gasteiger partial charge in [-0.2, -0.15) is 5.26 Å². The van der Waals surface area contributed by atoms with Crippen molar-refractivity contribution in [3.05, 3.63) is 101 Å². The summed E-state index contributed by atoms with van der Waals surface area (Å²) in [5, 5.41) is 12.1. The van der Waals surface area contributed by atoms with Crippen molar-refractivity contribution in [1.29, 1.82) is 5.26 Å². The van der Waals surface area contributed by atoms with Gasteiger partial charge in [0.05, 0.1) is 23.2 Å². The summed E-state index contributed by atoms with van der Waals surface area (Å²) in [4.78, 5) is 16.4. The fourth-order valence-corrected chi connectivity index (χ4v) is 4.70. The fourth-order valence-electron chi connectivity index (χ4n) is 3.70. The normalized spacial score (nSPS) is 11.7. The summed E-state index contributed by atoms with van der Waals surface area (Å²) in [6.45, 7) is 6.69. The van der Waals surface area contributed by atoms with Crippen molar-refractivity contribution in [3.63, 3.8) is 0 Å². The summed E-state index contributed by atoms with van der Waals surface area (Å²) < 4.78 is 0. The summed E-state index contributed by atoms with van der Waals surface area (Å²) in [5.41, 5.74) is 3.67. The van der Waals surface area contributed by atoms with Crippen LogP contribution in [0.25, 0.3) is 0 Å². The molecule has 0 aliphatic carbocycles. The first kappa shape index (κ1) is 23.6. The quantitative estimate of drug-likeness (QED) is 0.411. The van der Waals surface area contributed by atoms with Crippen molar-refractivity contribution in [3.8, 4) is 6.07 Å². The molecule has 1 amide bonds. The molecular weight excluding hydrogens is 414 g/mol. The molecule has 3 rings (SSSR count). The molecule has 0 spiro atoms. The largest absolute Gasteiger partial charge is 0.350 e. The minimum atomic E-state index is -0.0546. The van der Waals surface area contributed by atoms with Gasteiger partial charge in [0.25, 0.3) is 5.91 Å². The number of nitriles is 1. The Hall–Kier alpha value is -3.07. The van der Waals surface area contributed by atoms with Crippen LogP contribution < -0.4 is 5.32 Å². The fraction of sp³-hybridized carbons (Fsp3) is 0.259. The average molecular weight is 444 g/mol. The second-order valence-electron chi connectivity index (χ2n) is 7.45. The molecule has 32 heavy (non-hydrogen) atoms. The Balaban J connectivity index is 1.69. The Morgan fingerprint density at radius 2 is 1.62 bits per heavy atom. The molecule has 4 nitrogen and oxygen atoms in total. The van der Waals surface area contributed by atoms with Crippen LogP contribution in [0.5, 0.6) is 0 Å². The number of carbonyl (C=O) groups excluding carboxylic acids is 1. The number of thioether (sulfide) groups is 1. The first-order valence-corrected chi connectivity index (χ1v) is 11.9. The van der Waals surface area contributed by atoms with E-state index in [0.29, 0.717) is 17.7 Å². The first-order valence-electron chi connectivity index (χ1n) is 10.9. The second-order valence-corrected chi connectivity index (χ2v) is 8.47. The van der Waals surface area contributed by atoms with Gasteiger partial charge in [-0.25, -0.2) is 0 Å². The Kier molecular flexibility index (Phi) is 8.91. The molecule has 1 N–H and O–H groups in total. The van der Waals surface area contributed by atoms with Crippen LogP contribution in [0.15, 0.2) is 83.8 Å². The van der Waals surface area contributed by atoms with Crippen LogP contribution in [0, 0.1) is 11.3 Å². The minimum Gasteiger partial charge on any atom is -0.350 e. The van der Waals surface area contributed by atoms with Crippen LogP contribution in [-0.4, -0.2) is 30.4 Å². The van der Waals surface area contributed by atoms with E-state index >= 15 is 0 Å². The van der Waals surface area contributed by atoms with Crippen molar-refractivity contribution in [2.24, 2.45) is 0 Å². The van der Waals surface area contributed by atoms with Crippen LogP contribution in [0.4, 0.5) is 0 Å². The molecule has 0 radical (unpaired) electrons. The lowest BCUT2D eigenvalue weighted by Gasteiger charge is -2.30. The third-order valence-corrected chi connectivity index (χ3v) is 6.65. The van der Waals surface area contributed by atoms with Gasteiger partial charge in [0.2, 0.25) is 0 Å². The molecule has 0 aliphatic heterocycles. The van der Waals surface area contributed by atoms with E-state index in [2.05, 4.69) is 42.3 Å². The lowest BCUT2D eigenvalue weighted by Crippen LogP contribution is -2.38. The van der Waals surface area contributed by atoms with E-state index in [1.165, 1.54) is 5.56 Å². The lowest BCUT2D eigenvalue weighted by molar-refractivity contribution is 0.0932. The zero-order chi connectivity index (χ0) is 22.8. The van der Waals surface area contributed by atoms with Crippen molar-refractivity contribution >= 4 is 17.7 Å². The number of likely N-dealkylation sites (N-methyl/N-ethyl adjacent to an activating group) is 1. The number of carbonyl (C=O) groups is 1. The molecule has 0 saturated carbocycles. The molecule has 3 aromatic rings. The Bertz CT molecular complexity index is 1040. The summed E-state index contributed by atoms with van der Waals surface area (Å²) in [6, 6.07) is 27.9. The van der Waals surface area contributed by atoms with Crippen molar-refractivity contribution in [2.45, 2.75) is 30.5 Å². The first-order chi connectivity index (χ1) is 15.7. The van der Waals surface area contributed by atoms with E-state index in [4.69, 9.17) is 5.26 Å². The number of amides is 1. The number of benzene rings is 3. The van der Waals surface area contributed by atoms with Crippen LogP contribution in [-0.2, 0) is 5.75 Å². The maximum atomic E-state index is 13.1. The smallest absolute Gasteiger partial charge is 0.252 e. The Labute approximate surface area is 195 Å². The van der Waals surface area contributed by atoms with E-state index in [0.717, 1.165) is 29.3 Å². The molecule has 0 aliphatic rings. The van der Waals surface area contributed by atoms with Gasteiger partial charge in [0.15, 0.2) is 0 Å². The van der Waals surface area contributed by atoms with Crippen LogP contribution in [0.1, 0.15) is 46.9 Å². The summed E-state index contributed by atoms with van der Waals surface area (Å²) in [7, 11) is 0. The molecule has 3 aromatic carbocycles. The predicted molar refractivity (Wildman–Crippen MR) is 132 cm³/mol. The number of nitrogens with zero attached hydrogens (tertiary/aromatic N) is 2. The van der Waals surface area contributed by atoms with E-state index < -0.39 is 0 Å². The molecule has 1 unspecified atom stereocenters. The standard InChI is InChI=1S/C27H29N3OS/c1-3-30(4-2)25(23-10-6-5-7-11-23)19-29-27(31)24-12-8-9-13-26(24)32-20-22-16-14-21(18-28)15-17-22/h5-17,25H,3-4,19-20H2,1-2H3,(H,29,31). The zero-order valence-corrected chi connectivity index (χ0v) is 19.4. The summed E-state index contributed by atoms with van der Waals surface area (Å²) in [6.07, 6.45) is 0. The average Bonchev–Trinajstić information content (AvgIpc) is 2.86. The van der Waals surface area contributed by atoms with Crippen LogP contribution in [0.3, 0.4) is 0 Å². The van der Waals surface area contributed by atoms with Gasteiger partial charge in [-0.1, -0.05) is 68.4 Å². The van der Waals surface area contributed by atoms with Gasteiger partial charge < -0.3 is 5.32 Å². The molecule has 0 fully saturated rings. The minimum absolute atomic E-state index is 0.0546. The SMILES string of the molecule is CCN(CC)C(CNC(=O)c1ccccc1SCc1ccc(C#N)cc1)c1ccccc1. The number of hydrogen-bond acceptors (Lipinski definition) is 4. The third kappa shape index (κ3) is 6.23. The van der Waals surface area contributed by atoms with E-state index in [1.54, 1.807) is 11.8 Å². The van der Waals surface area contributed by atoms with Gasteiger partial charge in [-0.05, 0) is 48.5 Å². The maximum Gasteiger partial charge on any atom is 0.252 e. The summed E-state index contributed by atoms with van der Waals surface area (Å²) in [5.74, 6) is 0.684. The van der Waals surface area contributed by atoms with Crippen molar-refractivity contribution < 1.29 is 4.79 Å². The topological polar surface area (TPSA) is 56.1 Å². The van der Waals surface area contributed by atoms with Crippen molar-refractivity contribution in [2.75, 3.05) is 19.6 Å². The highest BCUT2D eigenvalue weighted by Gasteiger charge is 2.20. The number of rotatable bonds is 10. The molecule has 5 heteroatoms. The van der Waals surface area contributed by atoms with Gasteiger partial charge in [-0.15, -0.1) is 11.8 Å². The van der Waals surface area contributed by atoms with E-state index in [-0.39, 0.29) is 11.9 Å². The highest BCUT2D eigenvalue weighted by molar-refractivity contribution is 7.98. The van der Waals surface area contributed by atoms with Gasteiger partial charge in [0, 0.05) is 17.2 Å². The molecule has 164 valence electrons. The highest BCUT2D eigenvalue weighted by Crippen LogP contribution is 2.27. The van der Waals surface area contributed by atoms with Crippen molar-refractivity contribution in [1.82, 2.24) is 10.2 Å². The lowest BCUT2D eigenvalue weighted by atomic mass is 10.0. The predicted octanol–water partition coefficient (Wildman–Crippen LogP) is 5.66. The zero-order valence-electron chi connectivity index (χ0n) is 18.6. The highest BCUT2D eigenvalue weighted by atomic mass is 32.2. The van der Waals surface area contributed by atoms with Gasteiger partial charge in [-0.3, -0.25) is 9.69 Å². The van der Waals surface area contributed by atoms with Crippen LogP contribution >= 0.6 is 11.8 Å². The number of hydrogen-bond donors (Lipinski definition) is 1. The molecule has 0 bridgehead atoms. The monoisotopic (exact) mass is 443 g/mol. The van der Waals surface area contributed by atoms with Gasteiger partial charge in [0.1, 0.15) is 0 Å². The molecule has 0 aromatic heterocycles. The Morgan fingerprint density at radius 3 is 2.28 bits per heavy atom. The second kappa shape index (κ2) is 12.1. The number of nitrogens with one attached hydrogen (secondary N) is 1. The molecular formula is C27H29N3OS. The molecule has 0 saturated heterocycles. The van der Waals surface area contributed by atoms with Gasteiger partial charge >= 0.3 is 0 Å². The van der Waals surface area contributed by atoms with Crippen LogP contribution in [0.2, 0.25) is 0 Å². The molecule has 1 atom stereocenters. The van der Waals surface area contributed by atoms with E-state index in [9.17, 15) is 4.79 Å². The summed E-state index contributed by atoms with van der Waals surface area (Å²) >= 11 is 1.63. The molecule has 0 heterocycles. The maximum absolute atomic E-state index is 13.1. The Morgan fingerprint density at radius 1 is 0.969 bits per heavy atom. The third-order valence-electron chi connectivity index (χ3n) is 5.50. The van der Waals surface area contributed by atoms with E-state index in [1.807, 2.05) is 66.7 Å².